The van der Waals surface area contributed by atoms with Crippen molar-refractivity contribution in [3.8, 4) is 0 Å². The normalized spacial score (nSPS) is 18.8. The number of nitrogens with one attached hydrogen (secondary N) is 1. The molecule has 0 aromatic heterocycles. The van der Waals surface area contributed by atoms with Gasteiger partial charge < -0.3 is 11.1 Å². The van der Waals surface area contributed by atoms with Gasteiger partial charge in [-0.15, -0.1) is 0 Å². The van der Waals surface area contributed by atoms with Crippen molar-refractivity contribution in [2.75, 3.05) is 5.32 Å². The quantitative estimate of drug-likeness (QED) is 0.867. The van der Waals surface area contributed by atoms with Gasteiger partial charge >= 0.3 is 0 Å². The maximum atomic E-state index is 11.9. The highest BCUT2D eigenvalue weighted by molar-refractivity contribution is 9.10. The van der Waals surface area contributed by atoms with E-state index in [0.29, 0.717) is 12.0 Å². The van der Waals surface area contributed by atoms with Gasteiger partial charge in [0.15, 0.2) is 5.78 Å². The molecule has 0 radical (unpaired) electrons. The number of hydrogen-bond donors (Lipinski definition) is 2. The molecule has 3 N–H and O–H groups in total. The van der Waals surface area contributed by atoms with Crippen LogP contribution in [0.5, 0.6) is 0 Å². The Bertz CT molecular complexity index is 459. The molecule has 1 aliphatic heterocycles. The number of fused-ring (bicyclic) bond motifs is 1. The van der Waals surface area contributed by atoms with Crippen LogP contribution in [0.4, 0.5) is 5.69 Å². The molecule has 1 aliphatic rings. The van der Waals surface area contributed by atoms with Gasteiger partial charge in [0.1, 0.15) is 0 Å². The summed E-state index contributed by atoms with van der Waals surface area (Å²) in [5.41, 5.74) is 6.54. The second kappa shape index (κ2) is 4.25. The van der Waals surface area contributed by atoms with Gasteiger partial charge in [-0.2, -0.15) is 0 Å². The van der Waals surface area contributed by atoms with E-state index in [1.807, 2.05) is 18.2 Å². The minimum Gasteiger partial charge on any atom is -0.381 e. The number of nitrogens with two attached hydrogens (primary N) is 1. The second-order valence-electron chi connectivity index (χ2n) is 3.80. The number of amides is 1. The summed E-state index contributed by atoms with van der Waals surface area (Å²) >= 11 is 3.34. The van der Waals surface area contributed by atoms with Crippen LogP contribution in [0.2, 0.25) is 0 Å². The van der Waals surface area contributed by atoms with Gasteiger partial charge in [0.05, 0.1) is 5.56 Å². The lowest BCUT2D eigenvalue weighted by Crippen LogP contribution is -2.33. The molecular weight excluding hydrogens is 272 g/mol. The lowest BCUT2D eigenvalue weighted by molar-refractivity contribution is -0.118. The first-order chi connectivity index (χ1) is 7.58. The van der Waals surface area contributed by atoms with Gasteiger partial charge in [-0.25, -0.2) is 0 Å². The molecule has 1 heterocycles. The molecule has 0 aliphatic carbocycles. The summed E-state index contributed by atoms with van der Waals surface area (Å²) in [5.74, 6) is -0.365. The molecule has 0 unspecified atom stereocenters. The average Bonchev–Trinajstić information content (AvgIpc) is 2.15. The molecule has 1 aromatic rings. The van der Waals surface area contributed by atoms with E-state index in [0.717, 1.165) is 10.2 Å². The highest BCUT2D eigenvalue weighted by Crippen LogP contribution is 2.31. The number of ketones is 1. The first-order valence-corrected chi connectivity index (χ1v) is 5.74. The summed E-state index contributed by atoms with van der Waals surface area (Å²) < 4.78 is 0.778. The Hall–Kier alpha value is -1.36. The van der Waals surface area contributed by atoms with Crippen LogP contribution in [0.15, 0.2) is 22.7 Å². The highest BCUT2D eigenvalue weighted by atomic mass is 79.9. The smallest absolute Gasteiger partial charge is 0.219 e. The molecule has 1 atom stereocenters. The molecule has 2 rings (SSSR count). The third kappa shape index (κ3) is 2.09. The Morgan fingerprint density at radius 2 is 2.31 bits per heavy atom. The molecule has 0 saturated heterocycles. The molecule has 16 heavy (non-hydrogen) atoms. The lowest BCUT2D eigenvalue weighted by Gasteiger charge is -2.25. The zero-order chi connectivity index (χ0) is 11.7. The van der Waals surface area contributed by atoms with Crippen LogP contribution >= 0.6 is 15.9 Å². The number of primary amides is 1. The van der Waals surface area contributed by atoms with E-state index in [9.17, 15) is 9.59 Å². The molecular formula is C11H11BrN2O2. The van der Waals surface area contributed by atoms with E-state index in [1.165, 1.54) is 0 Å². The van der Waals surface area contributed by atoms with Gasteiger partial charge in [-0.1, -0.05) is 6.07 Å². The van der Waals surface area contributed by atoms with Gasteiger partial charge in [-0.05, 0) is 28.1 Å². The van der Waals surface area contributed by atoms with Crippen molar-refractivity contribution >= 4 is 33.3 Å². The molecule has 5 heteroatoms. The number of rotatable bonds is 2. The van der Waals surface area contributed by atoms with Crippen molar-refractivity contribution in [2.24, 2.45) is 5.73 Å². The zero-order valence-corrected chi connectivity index (χ0v) is 10.1. The number of benzene rings is 1. The van der Waals surface area contributed by atoms with E-state index in [-0.39, 0.29) is 18.2 Å². The minimum atomic E-state index is -0.399. The van der Waals surface area contributed by atoms with Gasteiger partial charge in [-0.3, -0.25) is 9.59 Å². The van der Waals surface area contributed by atoms with E-state index in [4.69, 9.17) is 5.73 Å². The first kappa shape index (κ1) is 11.1. The second-order valence-corrected chi connectivity index (χ2v) is 4.66. The maximum Gasteiger partial charge on any atom is 0.219 e. The largest absolute Gasteiger partial charge is 0.381 e. The van der Waals surface area contributed by atoms with Crippen molar-refractivity contribution in [3.63, 3.8) is 0 Å². The number of Topliss-reactive ketones (excluding diaryl/α,β-unsaturated/α-hetero) is 1. The van der Waals surface area contributed by atoms with Crippen LogP contribution in [0.25, 0.3) is 0 Å². The Labute approximate surface area is 101 Å². The number of anilines is 1. The predicted molar refractivity (Wildman–Crippen MR) is 64.3 cm³/mol. The topological polar surface area (TPSA) is 72.2 Å². The van der Waals surface area contributed by atoms with Crippen LogP contribution in [0.1, 0.15) is 23.2 Å². The van der Waals surface area contributed by atoms with Gasteiger partial charge in [0.25, 0.3) is 0 Å². The van der Waals surface area contributed by atoms with Crippen molar-refractivity contribution < 1.29 is 9.59 Å². The summed E-state index contributed by atoms with van der Waals surface area (Å²) in [6, 6.07) is 5.31. The van der Waals surface area contributed by atoms with Crippen molar-refractivity contribution in [2.45, 2.75) is 18.9 Å². The highest BCUT2D eigenvalue weighted by Gasteiger charge is 2.26. The summed E-state index contributed by atoms with van der Waals surface area (Å²) in [4.78, 5) is 22.7. The van der Waals surface area contributed by atoms with E-state index in [1.54, 1.807) is 0 Å². The van der Waals surface area contributed by atoms with Crippen molar-refractivity contribution in [1.82, 2.24) is 0 Å². The molecule has 1 aromatic carbocycles. The van der Waals surface area contributed by atoms with Crippen molar-refractivity contribution in [3.05, 3.63) is 28.2 Å². The summed E-state index contributed by atoms with van der Waals surface area (Å²) in [6.07, 6.45) is 0.482. The fraction of sp³-hybridized carbons (Fsp3) is 0.273. The summed E-state index contributed by atoms with van der Waals surface area (Å²) in [5, 5.41) is 3.15. The first-order valence-electron chi connectivity index (χ1n) is 4.94. The van der Waals surface area contributed by atoms with Crippen LogP contribution in [0.3, 0.4) is 0 Å². The van der Waals surface area contributed by atoms with Crippen LogP contribution in [-0.4, -0.2) is 17.7 Å². The summed E-state index contributed by atoms with van der Waals surface area (Å²) in [6.45, 7) is 0. The fourth-order valence-electron chi connectivity index (χ4n) is 1.89. The number of carbonyl (C=O) groups excluding carboxylic acids is 2. The minimum absolute atomic E-state index is 0.0347. The summed E-state index contributed by atoms with van der Waals surface area (Å²) in [7, 11) is 0. The van der Waals surface area contributed by atoms with Gasteiger partial charge in [0, 0.05) is 29.0 Å². The van der Waals surface area contributed by atoms with Gasteiger partial charge in [0.2, 0.25) is 5.91 Å². The Morgan fingerprint density at radius 1 is 1.56 bits per heavy atom. The van der Waals surface area contributed by atoms with Crippen LogP contribution in [-0.2, 0) is 4.79 Å². The number of halogens is 1. The van der Waals surface area contributed by atoms with E-state index < -0.39 is 5.91 Å². The SMILES string of the molecule is NC(=O)C[C@@H]1CC(=O)c2c(Br)cccc2N1. The molecule has 84 valence electrons. The van der Waals surface area contributed by atoms with Crippen LogP contribution < -0.4 is 11.1 Å². The molecule has 0 bridgehead atoms. The monoisotopic (exact) mass is 282 g/mol. The number of hydrogen-bond acceptors (Lipinski definition) is 3. The van der Waals surface area contributed by atoms with E-state index >= 15 is 0 Å². The van der Waals surface area contributed by atoms with Crippen molar-refractivity contribution in [1.29, 1.82) is 0 Å². The number of carbonyl (C=O) groups is 2. The van der Waals surface area contributed by atoms with E-state index in [2.05, 4.69) is 21.2 Å². The molecule has 1 amide bonds. The third-order valence-electron chi connectivity index (χ3n) is 2.53. The van der Waals surface area contributed by atoms with Crippen LogP contribution in [0, 0.1) is 0 Å². The predicted octanol–water partition coefficient (Wildman–Crippen LogP) is 1.69. The zero-order valence-electron chi connectivity index (χ0n) is 8.50. The Kier molecular flexibility index (Phi) is 2.96. The fourth-order valence-corrected chi connectivity index (χ4v) is 2.48. The maximum absolute atomic E-state index is 11.9. The molecule has 0 saturated carbocycles. The molecule has 4 nitrogen and oxygen atoms in total. The lowest BCUT2D eigenvalue weighted by atomic mass is 9.95. The third-order valence-corrected chi connectivity index (χ3v) is 3.19. The standard InChI is InChI=1S/C11H11BrN2O2/c12-7-2-1-3-8-11(7)9(15)4-6(14-8)5-10(13)16/h1-3,6,14H,4-5H2,(H2,13,16)/t6-/m0/s1. The Morgan fingerprint density at radius 3 is 3.00 bits per heavy atom. The molecule has 0 fully saturated rings. The Balaban J connectivity index is 2.30. The average molecular weight is 283 g/mol. The molecule has 0 spiro atoms.